The molecule has 0 amide bonds. The first-order valence-corrected chi connectivity index (χ1v) is 8.61. The number of ether oxygens (including phenoxy) is 1. The average Bonchev–Trinajstić information content (AvgIpc) is 2.94. The quantitative estimate of drug-likeness (QED) is 0.698. The summed E-state index contributed by atoms with van der Waals surface area (Å²) in [6, 6.07) is 13.0. The minimum Gasteiger partial charge on any atom is -0.497 e. The molecule has 2 aromatic carbocycles. The minimum atomic E-state index is 0.915. The van der Waals surface area contributed by atoms with E-state index in [1.165, 1.54) is 35.3 Å². The lowest BCUT2D eigenvalue weighted by Gasteiger charge is -2.08. The number of hydrogen-bond donors (Lipinski definition) is 0. The third-order valence-corrected chi connectivity index (χ3v) is 5.53. The minimum absolute atomic E-state index is 0.915. The number of benzene rings is 2. The molecule has 1 aliphatic rings. The molecule has 104 valence electrons. The van der Waals surface area contributed by atoms with E-state index in [0.29, 0.717) is 0 Å². The highest BCUT2D eigenvalue weighted by Crippen LogP contribution is 2.32. The van der Waals surface area contributed by atoms with E-state index in [4.69, 9.17) is 4.74 Å². The van der Waals surface area contributed by atoms with Gasteiger partial charge in [-0.1, -0.05) is 22.0 Å². The van der Waals surface area contributed by atoms with E-state index in [1.54, 1.807) is 12.7 Å². The number of aryl methyl sites for hydroxylation is 2. The molecule has 0 aromatic heterocycles. The third-order valence-electron chi connectivity index (χ3n) is 3.72. The van der Waals surface area contributed by atoms with Gasteiger partial charge in [-0.2, -0.15) is 0 Å². The molecule has 1 nitrogen and oxygen atoms in total. The number of fused-ring (bicyclic) bond motifs is 1. The van der Waals surface area contributed by atoms with Gasteiger partial charge in [0.25, 0.3) is 0 Å². The highest BCUT2D eigenvalue weighted by Gasteiger charge is 2.11. The van der Waals surface area contributed by atoms with Crippen LogP contribution in [0.1, 0.15) is 23.1 Å². The summed E-state index contributed by atoms with van der Waals surface area (Å²) < 4.78 is 6.44. The third kappa shape index (κ3) is 3.04. The Morgan fingerprint density at radius 2 is 1.95 bits per heavy atom. The van der Waals surface area contributed by atoms with Gasteiger partial charge in [0.2, 0.25) is 0 Å². The topological polar surface area (TPSA) is 9.23 Å². The van der Waals surface area contributed by atoms with Crippen LogP contribution < -0.4 is 4.74 Å². The van der Waals surface area contributed by atoms with Crippen molar-refractivity contribution < 1.29 is 4.74 Å². The predicted octanol–water partition coefficient (Wildman–Crippen LogP) is 5.24. The van der Waals surface area contributed by atoms with E-state index in [9.17, 15) is 0 Å². The maximum Gasteiger partial charge on any atom is 0.119 e. The number of halogens is 1. The average molecular weight is 349 g/mol. The van der Waals surface area contributed by atoms with Crippen LogP contribution in [0.2, 0.25) is 0 Å². The molecule has 0 fully saturated rings. The highest BCUT2D eigenvalue weighted by atomic mass is 79.9. The Morgan fingerprint density at radius 3 is 2.80 bits per heavy atom. The molecule has 3 heteroatoms. The van der Waals surface area contributed by atoms with Gasteiger partial charge in [-0.15, -0.1) is 11.8 Å². The Morgan fingerprint density at radius 1 is 1.10 bits per heavy atom. The summed E-state index contributed by atoms with van der Waals surface area (Å²) in [6.07, 6.45) is 3.80. The predicted molar refractivity (Wildman–Crippen MR) is 88.7 cm³/mol. The van der Waals surface area contributed by atoms with Gasteiger partial charge in [0.1, 0.15) is 5.75 Å². The first kappa shape index (κ1) is 14.0. The van der Waals surface area contributed by atoms with Crippen LogP contribution in [0, 0.1) is 0 Å². The van der Waals surface area contributed by atoms with Crippen LogP contribution in [-0.4, -0.2) is 7.11 Å². The maximum absolute atomic E-state index is 5.29. The largest absolute Gasteiger partial charge is 0.497 e. The van der Waals surface area contributed by atoms with Crippen molar-refractivity contribution in [2.24, 2.45) is 0 Å². The van der Waals surface area contributed by atoms with Crippen LogP contribution in [0.25, 0.3) is 0 Å². The molecule has 0 radical (unpaired) electrons. The first-order chi connectivity index (χ1) is 9.76. The van der Waals surface area contributed by atoms with Gasteiger partial charge in [-0.3, -0.25) is 0 Å². The molecule has 3 rings (SSSR count). The molecule has 0 N–H and O–H groups in total. The van der Waals surface area contributed by atoms with Crippen molar-refractivity contribution in [3.8, 4) is 5.75 Å². The Balaban J connectivity index is 1.73. The van der Waals surface area contributed by atoms with Gasteiger partial charge in [-0.05, 0) is 66.3 Å². The maximum atomic E-state index is 5.29. The van der Waals surface area contributed by atoms with Crippen molar-refractivity contribution >= 4 is 27.7 Å². The number of hydrogen-bond acceptors (Lipinski definition) is 2. The summed E-state index contributed by atoms with van der Waals surface area (Å²) in [5, 5.41) is 0. The lowest BCUT2D eigenvalue weighted by molar-refractivity contribution is 0.414. The molecule has 0 saturated heterocycles. The van der Waals surface area contributed by atoms with Crippen LogP contribution in [0.15, 0.2) is 45.8 Å². The Hall–Kier alpha value is -0.930. The van der Waals surface area contributed by atoms with Gasteiger partial charge in [0.05, 0.1) is 7.11 Å². The van der Waals surface area contributed by atoms with Crippen molar-refractivity contribution in [1.29, 1.82) is 0 Å². The molecule has 0 aliphatic heterocycles. The summed E-state index contributed by atoms with van der Waals surface area (Å²) in [6.45, 7) is 0. The fraction of sp³-hybridized carbons (Fsp3) is 0.294. The zero-order valence-corrected chi connectivity index (χ0v) is 13.9. The van der Waals surface area contributed by atoms with E-state index in [1.807, 2.05) is 17.8 Å². The van der Waals surface area contributed by atoms with Crippen LogP contribution in [0.5, 0.6) is 5.75 Å². The van der Waals surface area contributed by atoms with Gasteiger partial charge in [0.15, 0.2) is 0 Å². The van der Waals surface area contributed by atoms with Crippen molar-refractivity contribution in [1.82, 2.24) is 0 Å². The van der Waals surface area contributed by atoms with Gasteiger partial charge in [0, 0.05) is 15.1 Å². The second-order valence-corrected chi connectivity index (χ2v) is 6.93. The molecule has 0 spiro atoms. The van der Waals surface area contributed by atoms with Gasteiger partial charge in [-0.25, -0.2) is 0 Å². The molecule has 0 heterocycles. The SMILES string of the molecule is COc1ccc(Br)c(CSc2ccc3c(c2)CCC3)c1. The second-order valence-electron chi connectivity index (χ2n) is 5.03. The lowest BCUT2D eigenvalue weighted by Crippen LogP contribution is -1.88. The monoisotopic (exact) mass is 348 g/mol. The Bertz CT molecular complexity index is 624. The molecule has 0 saturated carbocycles. The van der Waals surface area contributed by atoms with Crippen LogP contribution >= 0.6 is 27.7 Å². The smallest absolute Gasteiger partial charge is 0.119 e. The summed E-state index contributed by atoms with van der Waals surface area (Å²) in [5.74, 6) is 1.87. The van der Waals surface area contributed by atoms with Crippen LogP contribution in [0.3, 0.4) is 0 Å². The summed E-state index contributed by atoms with van der Waals surface area (Å²) in [7, 11) is 1.71. The highest BCUT2D eigenvalue weighted by molar-refractivity contribution is 9.10. The normalized spacial score (nSPS) is 13.3. The van der Waals surface area contributed by atoms with Gasteiger partial charge >= 0.3 is 0 Å². The van der Waals surface area contributed by atoms with E-state index < -0.39 is 0 Å². The summed E-state index contributed by atoms with van der Waals surface area (Å²) in [4.78, 5) is 1.36. The molecular weight excluding hydrogens is 332 g/mol. The Labute approximate surface area is 132 Å². The summed E-state index contributed by atoms with van der Waals surface area (Å²) >= 11 is 5.50. The van der Waals surface area contributed by atoms with E-state index in [2.05, 4.69) is 46.3 Å². The number of methoxy groups -OCH3 is 1. The molecule has 20 heavy (non-hydrogen) atoms. The fourth-order valence-electron chi connectivity index (χ4n) is 2.59. The molecular formula is C17H17BrOS. The van der Waals surface area contributed by atoms with Crippen molar-refractivity contribution in [3.63, 3.8) is 0 Å². The number of rotatable bonds is 4. The second kappa shape index (κ2) is 6.23. The molecule has 0 atom stereocenters. The van der Waals surface area contributed by atoms with Gasteiger partial charge < -0.3 is 4.74 Å². The standard InChI is InChI=1S/C17H17BrOS/c1-19-15-6-8-17(18)14(9-15)11-20-16-7-5-12-3-2-4-13(12)10-16/h5-10H,2-4,11H2,1H3. The van der Waals surface area contributed by atoms with E-state index in [0.717, 1.165) is 16.0 Å². The van der Waals surface area contributed by atoms with E-state index >= 15 is 0 Å². The zero-order chi connectivity index (χ0) is 13.9. The van der Waals surface area contributed by atoms with E-state index in [-0.39, 0.29) is 0 Å². The summed E-state index contributed by atoms with van der Waals surface area (Å²) in [5.41, 5.74) is 4.35. The van der Waals surface area contributed by atoms with Crippen molar-refractivity contribution in [2.45, 2.75) is 29.9 Å². The lowest BCUT2D eigenvalue weighted by atomic mass is 10.1. The van der Waals surface area contributed by atoms with Crippen molar-refractivity contribution in [3.05, 3.63) is 57.6 Å². The molecule has 0 bridgehead atoms. The van der Waals surface area contributed by atoms with Crippen molar-refractivity contribution in [2.75, 3.05) is 7.11 Å². The molecule has 2 aromatic rings. The molecule has 1 aliphatic carbocycles. The Kier molecular flexibility index (Phi) is 4.37. The fourth-order valence-corrected chi connectivity index (χ4v) is 4.11. The van der Waals surface area contributed by atoms with Crippen LogP contribution in [-0.2, 0) is 18.6 Å². The first-order valence-electron chi connectivity index (χ1n) is 6.83. The zero-order valence-electron chi connectivity index (χ0n) is 11.5. The van der Waals surface area contributed by atoms with Crippen LogP contribution in [0.4, 0.5) is 0 Å². The number of thioether (sulfide) groups is 1. The molecule has 0 unspecified atom stereocenters.